The van der Waals surface area contributed by atoms with Crippen molar-refractivity contribution in [1.29, 1.82) is 0 Å². The molecule has 4 nitrogen and oxygen atoms in total. The van der Waals surface area contributed by atoms with Crippen LogP contribution >= 0.6 is 0 Å². The number of hydrogen-bond acceptors (Lipinski definition) is 4. The lowest BCUT2D eigenvalue weighted by Gasteiger charge is -2.28. The Kier molecular flexibility index (Phi) is 3.67. The van der Waals surface area contributed by atoms with Crippen LogP contribution in [0, 0.1) is 5.82 Å². The molecule has 3 heterocycles. The van der Waals surface area contributed by atoms with Crippen molar-refractivity contribution in [2.75, 3.05) is 16.5 Å². The fraction of sp³-hybridized carbons (Fsp3) is 0.182. The van der Waals surface area contributed by atoms with Crippen LogP contribution in [0.25, 0.3) is 0 Å². The predicted octanol–water partition coefficient (Wildman–Crippen LogP) is 5.16. The van der Waals surface area contributed by atoms with E-state index in [0.717, 1.165) is 35.7 Å². The van der Waals surface area contributed by atoms with E-state index >= 15 is 0 Å². The van der Waals surface area contributed by atoms with Crippen molar-refractivity contribution in [3.8, 4) is 0 Å². The molecule has 2 aliphatic heterocycles. The van der Waals surface area contributed by atoms with E-state index in [1.807, 2.05) is 42.9 Å². The second kappa shape index (κ2) is 6.20. The number of anilines is 3. The maximum Gasteiger partial charge on any atom is 0.123 e. The molecule has 0 saturated heterocycles. The van der Waals surface area contributed by atoms with Crippen molar-refractivity contribution < 1.29 is 4.39 Å². The van der Waals surface area contributed by atoms with Gasteiger partial charge in [0.15, 0.2) is 0 Å². The average Bonchev–Trinajstić information content (AvgIpc) is 3.31. The third kappa shape index (κ3) is 2.67. The minimum atomic E-state index is -0.207. The van der Waals surface area contributed by atoms with E-state index in [4.69, 9.17) is 0 Å². The van der Waals surface area contributed by atoms with E-state index in [2.05, 4.69) is 38.8 Å². The first-order valence-electron chi connectivity index (χ1n) is 9.10. The molecule has 0 aliphatic carbocycles. The predicted molar refractivity (Wildman–Crippen MR) is 107 cm³/mol. The number of aliphatic imine (C=N–C) groups is 1. The largest absolute Gasteiger partial charge is 0.345 e. The van der Waals surface area contributed by atoms with Gasteiger partial charge in [0, 0.05) is 30.7 Å². The third-order valence-corrected chi connectivity index (χ3v) is 5.41. The van der Waals surface area contributed by atoms with E-state index in [1.165, 1.54) is 23.4 Å². The van der Waals surface area contributed by atoms with Crippen LogP contribution in [0.2, 0.25) is 0 Å². The summed E-state index contributed by atoms with van der Waals surface area (Å²) in [7, 11) is 0. The minimum Gasteiger partial charge on any atom is -0.345 e. The molecule has 0 radical (unpaired) electrons. The zero-order valence-electron chi connectivity index (χ0n) is 15.0. The van der Waals surface area contributed by atoms with Crippen molar-refractivity contribution >= 4 is 29.0 Å². The Morgan fingerprint density at radius 1 is 1.00 bits per heavy atom. The fourth-order valence-electron chi connectivity index (χ4n) is 3.88. The first-order valence-corrected chi connectivity index (χ1v) is 9.10. The first kappa shape index (κ1) is 16.0. The molecule has 5 heteroatoms. The molecule has 1 aromatic heterocycles. The van der Waals surface area contributed by atoms with E-state index in [1.54, 1.807) is 0 Å². The van der Waals surface area contributed by atoms with Gasteiger partial charge in [0.2, 0.25) is 0 Å². The van der Waals surface area contributed by atoms with Gasteiger partial charge in [0.25, 0.3) is 0 Å². The summed E-state index contributed by atoms with van der Waals surface area (Å²) >= 11 is 0. The van der Waals surface area contributed by atoms with Crippen LogP contribution in [0.5, 0.6) is 0 Å². The zero-order chi connectivity index (χ0) is 18.4. The van der Waals surface area contributed by atoms with Gasteiger partial charge in [0.05, 0.1) is 29.8 Å². The van der Waals surface area contributed by atoms with E-state index in [-0.39, 0.29) is 11.9 Å². The van der Waals surface area contributed by atoms with Gasteiger partial charge in [-0.05, 0) is 54.4 Å². The topological polar surface area (TPSA) is 31.7 Å². The average molecular weight is 358 g/mol. The standard InChI is InChI=1S/C22H19FN4/c1-15(16-2-4-18(23)5-3-16)26-14-27(19-7-9-24-10-8-19)22-13-20-17(6-11-25-20)12-21(22)26/h2-5,7-13,15H,6,14H2,1H3/t15-/m1/s1. The number of fused-ring (bicyclic) bond motifs is 2. The second-order valence-corrected chi connectivity index (χ2v) is 6.96. The van der Waals surface area contributed by atoms with Gasteiger partial charge in [-0.25, -0.2) is 4.39 Å². The summed E-state index contributed by atoms with van der Waals surface area (Å²) in [5.74, 6) is -0.207. The highest BCUT2D eigenvalue weighted by Crippen LogP contribution is 2.47. The first-order chi connectivity index (χ1) is 13.2. The Bertz CT molecular complexity index is 1010. The van der Waals surface area contributed by atoms with Gasteiger partial charge in [0.1, 0.15) is 5.82 Å². The molecule has 134 valence electrons. The van der Waals surface area contributed by atoms with Crippen LogP contribution in [0.4, 0.5) is 27.1 Å². The van der Waals surface area contributed by atoms with Gasteiger partial charge in [-0.1, -0.05) is 12.1 Å². The van der Waals surface area contributed by atoms with Gasteiger partial charge in [-0.3, -0.25) is 9.98 Å². The molecule has 0 fully saturated rings. The van der Waals surface area contributed by atoms with Crippen molar-refractivity contribution in [3.63, 3.8) is 0 Å². The number of halogens is 1. The summed E-state index contributed by atoms with van der Waals surface area (Å²) in [4.78, 5) is 13.3. The summed E-state index contributed by atoms with van der Waals surface area (Å²) in [6, 6.07) is 15.4. The Morgan fingerprint density at radius 2 is 1.78 bits per heavy atom. The monoisotopic (exact) mass is 358 g/mol. The molecule has 2 aromatic carbocycles. The molecule has 0 spiro atoms. The highest BCUT2D eigenvalue weighted by Gasteiger charge is 2.32. The lowest BCUT2D eigenvalue weighted by molar-refractivity contribution is 0.624. The zero-order valence-corrected chi connectivity index (χ0v) is 15.0. The van der Waals surface area contributed by atoms with E-state index < -0.39 is 0 Å². The molecule has 1 atom stereocenters. The number of pyridine rings is 1. The maximum atomic E-state index is 13.4. The summed E-state index contributed by atoms with van der Waals surface area (Å²) in [6.45, 7) is 2.89. The minimum absolute atomic E-state index is 0.122. The van der Waals surface area contributed by atoms with Crippen LogP contribution in [0.3, 0.4) is 0 Å². The Morgan fingerprint density at radius 3 is 2.56 bits per heavy atom. The van der Waals surface area contributed by atoms with E-state index in [9.17, 15) is 4.39 Å². The maximum absolute atomic E-state index is 13.4. The molecule has 2 aliphatic rings. The highest BCUT2D eigenvalue weighted by molar-refractivity contribution is 5.89. The van der Waals surface area contributed by atoms with Gasteiger partial charge >= 0.3 is 0 Å². The number of benzene rings is 2. The molecule has 5 rings (SSSR count). The lowest BCUT2D eigenvalue weighted by atomic mass is 10.1. The summed E-state index contributed by atoms with van der Waals surface area (Å²) in [6.07, 6.45) is 6.46. The Balaban J connectivity index is 1.59. The molecule has 0 saturated carbocycles. The fourth-order valence-corrected chi connectivity index (χ4v) is 3.88. The summed E-state index contributed by atoms with van der Waals surface area (Å²) < 4.78 is 13.4. The smallest absolute Gasteiger partial charge is 0.123 e. The summed E-state index contributed by atoms with van der Waals surface area (Å²) in [5.41, 5.74) is 6.82. The van der Waals surface area contributed by atoms with Gasteiger partial charge in [-0.15, -0.1) is 0 Å². The molecule has 0 bridgehead atoms. The number of hydrogen-bond donors (Lipinski definition) is 0. The molecular formula is C22H19FN4. The highest BCUT2D eigenvalue weighted by atomic mass is 19.1. The third-order valence-electron chi connectivity index (χ3n) is 5.41. The second-order valence-electron chi connectivity index (χ2n) is 6.96. The lowest BCUT2D eigenvalue weighted by Crippen LogP contribution is -2.30. The van der Waals surface area contributed by atoms with Crippen molar-refractivity contribution in [1.82, 2.24) is 4.98 Å². The quantitative estimate of drug-likeness (QED) is 0.648. The Labute approximate surface area is 157 Å². The molecule has 27 heavy (non-hydrogen) atoms. The molecule has 0 N–H and O–H groups in total. The van der Waals surface area contributed by atoms with Crippen molar-refractivity contribution in [2.24, 2.45) is 4.99 Å². The molecule has 0 amide bonds. The Hall–Kier alpha value is -3.21. The van der Waals surface area contributed by atoms with E-state index in [0.29, 0.717) is 0 Å². The SMILES string of the molecule is C[C@H](c1ccc(F)cc1)N1CN(c2ccncc2)c2cc3c(cc21)CC=N3. The van der Waals surface area contributed by atoms with Gasteiger partial charge < -0.3 is 9.80 Å². The van der Waals surface area contributed by atoms with Crippen LogP contribution in [-0.4, -0.2) is 17.9 Å². The van der Waals surface area contributed by atoms with Crippen LogP contribution in [0.1, 0.15) is 24.1 Å². The molecule has 3 aromatic rings. The number of rotatable bonds is 3. The number of nitrogens with zero attached hydrogens (tertiary/aromatic N) is 4. The number of aromatic nitrogens is 1. The molecular weight excluding hydrogens is 339 g/mol. The van der Waals surface area contributed by atoms with Crippen molar-refractivity contribution in [2.45, 2.75) is 19.4 Å². The van der Waals surface area contributed by atoms with Gasteiger partial charge in [-0.2, -0.15) is 0 Å². The normalized spacial score (nSPS) is 15.8. The summed E-state index contributed by atoms with van der Waals surface area (Å²) in [5, 5.41) is 0. The van der Waals surface area contributed by atoms with Crippen LogP contribution in [-0.2, 0) is 6.42 Å². The molecule has 0 unspecified atom stereocenters. The van der Waals surface area contributed by atoms with Crippen molar-refractivity contribution in [3.05, 3.63) is 77.9 Å². The van der Waals surface area contributed by atoms with Crippen LogP contribution < -0.4 is 9.80 Å². The van der Waals surface area contributed by atoms with Crippen LogP contribution in [0.15, 0.2) is 65.9 Å².